The van der Waals surface area contributed by atoms with Gasteiger partial charge < -0.3 is 14.7 Å². The summed E-state index contributed by atoms with van der Waals surface area (Å²) in [7, 11) is 1.77. The van der Waals surface area contributed by atoms with E-state index in [9.17, 15) is 9.90 Å². The molecule has 1 amide bonds. The standard InChI is InChI=1S/C28H33N5O3/c1-19(21-7-5-4-6-8-21)36-27(35)29-26-25(30-31-32(26)3)22-13-17-33(18-14-22)24-11-9-23(10-12-24)28(15-16-28)20(2)34/h4-12,19,22,34H,2,13-18H2,1,3H3,(H,29,35)/t19-/m1/s1. The number of hydrogen-bond acceptors (Lipinski definition) is 6. The maximum atomic E-state index is 12.6. The van der Waals surface area contributed by atoms with E-state index in [4.69, 9.17) is 4.74 Å². The lowest BCUT2D eigenvalue weighted by molar-refractivity contribution is 0.121. The molecule has 8 nitrogen and oxygen atoms in total. The number of piperidine rings is 1. The van der Waals surface area contributed by atoms with Crippen LogP contribution >= 0.6 is 0 Å². The third kappa shape index (κ3) is 4.67. The van der Waals surface area contributed by atoms with E-state index in [0.29, 0.717) is 5.82 Å². The van der Waals surface area contributed by atoms with Gasteiger partial charge in [-0.2, -0.15) is 0 Å². The van der Waals surface area contributed by atoms with E-state index in [1.807, 2.05) is 37.3 Å². The summed E-state index contributed by atoms with van der Waals surface area (Å²) < 4.78 is 7.18. The molecule has 1 aromatic heterocycles. The molecule has 1 aliphatic heterocycles. The number of aliphatic hydroxyl groups is 1. The van der Waals surface area contributed by atoms with Crippen molar-refractivity contribution in [3.8, 4) is 0 Å². The Morgan fingerprint density at radius 3 is 2.42 bits per heavy atom. The van der Waals surface area contributed by atoms with E-state index in [1.54, 1.807) is 11.7 Å². The lowest BCUT2D eigenvalue weighted by atomic mass is 9.92. The number of benzene rings is 2. The zero-order valence-corrected chi connectivity index (χ0v) is 20.9. The predicted octanol–water partition coefficient (Wildman–Crippen LogP) is 5.61. The highest BCUT2D eigenvalue weighted by atomic mass is 16.6. The summed E-state index contributed by atoms with van der Waals surface area (Å²) in [5, 5.41) is 21.4. The smallest absolute Gasteiger partial charge is 0.413 e. The Morgan fingerprint density at radius 1 is 1.14 bits per heavy atom. The van der Waals surface area contributed by atoms with Crippen LogP contribution in [0.15, 0.2) is 66.9 Å². The monoisotopic (exact) mass is 487 g/mol. The van der Waals surface area contributed by atoms with Gasteiger partial charge in [0.1, 0.15) is 11.8 Å². The van der Waals surface area contributed by atoms with Gasteiger partial charge in [0.15, 0.2) is 5.82 Å². The molecule has 1 saturated carbocycles. The first-order valence-electron chi connectivity index (χ1n) is 12.5. The second kappa shape index (κ2) is 9.68. The molecule has 2 aliphatic rings. The molecule has 0 bridgehead atoms. The van der Waals surface area contributed by atoms with Crippen LogP contribution in [0.3, 0.4) is 0 Å². The molecule has 1 atom stereocenters. The Morgan fingerprint density at radius 2 is 1.81 bits per heavy atom. The summed E-state index contributed by atoms with van der Waals surface area (Å²) in [6, 6.07) is 18.1. The fraction of sp³-hybridized carbons (Fsp3) is 0.393. The second-order valence-corrected chi connectivity index (χ2v) is 9.87. The Labute approximate surface area is 211 Å². The summed E-state index contributed by atoms with van der Waals surface area (Å²) in [4.78, 5) is 15.0. The molecule has 0 spiro atoms. The van der Waals surface area contributed by atoms with Gasteiger partial charge in [0.25, 0.3) is 0 Å². The maximum absolute atomic E-state index is 12.6. The van der Waals surface area contributed by atoms with Gasteiger partial charge in [-0.3, -0.25) is 5.32 Å². The van der Waals surface area contributed by atoms with Crippen molar-refractivity contribution in [1.82, 2.24) is 15.0 Å². The summed E-state index contributed by atoms with van der Waals surface area (Å²) in [6.07, 6.45) is 2.84. The molecular weight excluding hydrogens is 454 g/mol. The lowest BCUT2D eigenvalue weighted by Gasteiger charge is -2.33. The molecule has 2 heterocycles. The van der Waals surface area contributed by atoms with Crippen molar-refractivity contribution in [1.29, 1.82) is 0 Å². The predicted molar refractivity (Wildman–Crippen MR) is 139 cm³/mol. The number of aryl methyl sites for hydroxylation is 1. The molecule has 2 fully saturated rings. The van der Waals surface area contributed by atoms with Crippen LogP contribution in [0.2, 0.25) is 0 Å². The van der Waals surface area contributed by atoms with E-state index >= 15 is 0 Å². The molecule has 5 rings (SSSR count). The van der Waals surface area contributed by atoms with Crippen LogP contribution in [0.4, 0.5) is 16.3 Å². The normalized spacial score (nSPS) is 17.9. The Bertz CT molecular complexity index is 1230. The minimum Gasteiger partial charge on any atom is -0.512 e. The maximum Gasteiger partial charge on any atom is 0.413 e. The van der Waals surface area contributed by atoms with Gasteiger partial charge in [-0.25, -0.2) is 9.48 Å². The zero-order valence-electron chi connectivity index (χ0n) is 20.9. The molecule has 2 aromatic carbocycles. The van der Waals surface area contributed by atoms with Crippen LogP contribution < -0.4 is 10.2 Å². The van der Waals surface area contributed by atoms with Crippen molar-refractivity contribution >= 4 is 17.6 Å². The number of amides is 1. The summed E-state index contributed by atoms with van der Waals surface area (Å²) in [5.41, 5.74) is 3.81. The van der Waals surface area contributed by atoms with Crippen molar-refractivity contribution in [2.24, 2.45) is 7.05 Å². The number of ether oxygens (including phenoxy) is 1. The number of rotatable bonds is 7. The first-order valence-corrected chi connectivity index (χ1v) is 12.5. The number of nitrogens with one attached hydrogen (secondary N) is 1. The summed E-state index contributed by atoms with van der Waals surface area (Å²) >= 11 is 0. The van der Waals surface area contributed by atoms with E-state index < -0.39 is 6.09 Å². The molecule has 0 radical (unpaired) electrons. The van der Waals surface area contributed by atoms with Crippen molar-refractivity contribution in [2.75, 3.05) is 23.3 Å². The molecule has 3 aromatic rings. The number of aliphatic hydroxyl groups excluding tert-OH is 1. The first kappa shape index (κ1) is 23.9. The van der Waals surface area contributed by atoms with Gasteiger partial charge in [-0.1, -0.05) is 54.3 Å². The highest BCUT2D eigenvalue weighted by Gasteiger charge is 2.47. The summed E-state index contributed by atoms with van der Waals surface area (Å²) in [5.74, 6) is 1.05. The molecule has 8 heteroatoms. The average molecular weight is 488 g/mol. The van der Waals surface area contributed by atoms with Crippen LogP contribution in [0.25, 0.3) is 0 Å². The SMILES string of the molecule is C=C(O)C1(c2ccc(N3CCC(c4nnn(C)c4NC(=O)O[C@H](C)c4ccccc4)CC3)cc2)CC1. The van der Waals surface area contributed by atoms with Crippen molar-refractivity contribution < 1.29 is 14.6 Å². The van der Waals surface area contributed by atoms with Crippen LogP contribution in [-0.4, -0.2) is 39.3 Å². The fourth-order valence-electron chi connectivity index (χ4n) is 5.14. The molecule has 1 aliphatic carbocycles. The molecule has 2 N–H and O–H groups in total. The minimum atomic E-state index is -0.519. The van der Waals surface area contributed by atoms with E-state index in [0.717, 1.165) is 55.6 Å². The third-order valence-electron chi connectivity index (χ3n) is 7.60. The number of nitrogens with zero attached hydrogens (tertiary/aromatic N) is 4. The number of anilines is 2. The van der Waals surface area contributed by atoms with Gasteiger partial charge in [0.05, 0.1) is 11.2 Å². The van der Waals surface area contributed by atoms with Gasteiger partial charge in [-0.15, -0.1) is 5.10 Å². The van der Waals surface area contributed by atoms with Gasteiger partial charge in [-0.05, 0) is 55.9 Å². The number of aromatic nitrogens is 3. The van der Waals surface area contributed by atoms with E-state index in [1.165, 1.54) is 5.69 Å². The van der Waals surface area contributed by atoms with Crippen LogP contribution in [0, 0.1) is 0 Å². The number of carbonyl (C=O) groups excluding carboxylic acids is 1. The Hall–Kier alpha value is -3.81. The van der Waals surface area contributed by atoms with Crippen molar-refractivity contribution in [3.05, 3.63) is 83.8 Å². The topological polar surface area (TPSA) is 92.5 Å². The van der Waals surface area contributed by atoms with Crippen molar-refractivity contribution in [3.63, 3.8) is 0 Å². The van der Waals surface area contributed by atoms with Crippen LogP contribution in [0.1, 0.15) is 61.4 Å². The molecule has 36 heavy (non-hydrogen) atoms. The number of allylic oxidation sites excluding steroid dienone is 1. The molecule has 0 unspecified atom stereocenters. The van der Waals surface area contributed by atoms with Crippen molar-refractivity contribution in [2.45, 2.75) is 50.0 Å². The lowest BCUT2D eigenvalue weighted by Crippen LogP contribution is -2.33. The second-order valence-electron chi connectivity index (χ2n) is 9.87. The quantitative estimate of drug-likeness (QED) is 0.421. The van der Waals surface area contributed by atoms with Crippen LogP contribution in [0.5, 0.6) is 0 Å². The highest BCUT2D eigenvalue weighted by molar-refractivity contribution is 5.84. The molecule has 1 saturated heterocycles. The highest BCUT2D eigenvalue weighted by Crippen LogP contribution is 2.52. The zero-order chi connectivity index (χ0) is 25.3. The van der Waals surface area contributed by atoms with Gasteiger partial charge in [0, 0.05) is 31.7 Å². The minimum absolute atomic E-state index is 0.198. The average Bonchev–Trinajstić information content (AvgIpc) is 3.64. The Kier molecular flexibility index (Phi) is 6.43. The molecular formula is C28H33N5O3. The van der Waals surface area contributed by atoms with E-state index in [2.05, 4.69) is 51.4 Å². The van der Waals surface area contributed by atoms with E-state index in [-0.39, 0.29) is 23.2 Å². The first-order chi connectivity index (χ1) is 17.4. The fourth-order valence-corrected chi connectivity index (χ4v) is 5.14. The largest absolute Gasteiger partial charge is 0.512 e. The molecule has 188 valence electrons. The van der Waals surface area contributed by atoms with Gasteiger partial charge >= 0.3 is 6.09 Å². The number of carbonyl (C=O) groups is 1. The Balaban J connectivity index is 1.20. The third-order valence-corrected chi connectivity index (χ3v) is 7.60. The van der Waals surface area contributed by atoms with Crippen LogP contribution in [-0.2, 0) is 17.2 Å². The summed E-state index contributed by atoms with van der Waals surface area (Å²) in [6.45, 7) is 7.38. The van der Waals surface area contributed by atoms with Gasteiger partial charge in [0.2, 0.25) is 0 Å². The number of hydrogen-bond donors (Lipinski definition) is 2.